The largest absolute Gasteiger partial charge is 0.490 e. The van der Waals surface area contributed by atoms with Gasteiger partial charge >= 0.3 is 0 Å². The summed E-state index contributed by atoms with van der Waals surface area (Å²) < 4.78 is 16.7. The summed E-state index contributed by atoms with van der Waals surface area (Å²) in [5.74, 6) is 1.63. The van der Waals surface area contributed by atoms with Crippen molar-refractivity contribution in [3.05, 3.63) is 217 Å². The maximum atomic E-state index is 10.7. The molecule has 0 aliphatic carbocycles. The van der Waals surface area contributed by atoms with Crippen molar-refractivity contribution in [3.8, 4) is 11.5 Å². The molecule has 0 bridgehead atoms. The summed E-state index contributed by atoms with van der Waals surface area (Å²) >= 11 is 0. The molecule has 9 rings (SSSR count). The molecule has 2 aromatic heterocycles. The molecule has 1 fully saturated rings. The molecule has 3 heterocycles. The highest BCUT2D eigenvalue weighted by atomic mass is 16.6. The summed E-state index contributed by atoms with van der Waals surface area (Å²) in [6.07, 6.45) is 3.24. The van der Waals surface area contributed by atoms with Crippen LogP contribution in [0.2, 0.25) is 0 Å². The molecule has 8 heteroatoms. The number of hydrogen-bond donors (Lipinski definition) is 2. The normalized spacial score (nSPS) is 13.4. The molecule has 0 amide bonds. The fourth-order valence-corrected chi connectivity index (χ4v) is 6.70. The lowest BCUT2D eigenvalue weighted by atomic mass is 10.1. The molecular formula is C52H52N4O4. The third kappa shape index (κ3) is 13.6. The third-order valence-electron chi connectivity index (χ3n) is 9.78. The number of aliphatic hydroxyl groups is 1. The topological polar surface area (TPSA) is 92.3 Å². The molecular weight excluding hydrogens is 745 g/mol. The van der Waals surface area contributed by atoms with Crippen LogP contribution in [0.4, 0.5) is 0 Å². The van der Waals surface area contributed by atoms with Crippen molar-refractivity contribution in [1.82, 2.24) is 20.2 Å². The summed E-state index contributed by atoms with van der Waals surface area (Å²) in [5, 5.41) is 16.2. The van der Waals surface area contributed by atoms with Gasteiger partial charge in [-0.05, 0) is 70.8 Å². The van der Waals surface area contributed by atoms with Crippen molar-refractivity contribution >= 4 is 21.8 Å². The minimum atomic E-state index is -0.607. The molecule has 1 saturated heterocycles. The first kappa shape index (κ1) is 41.7. The van der Waals surface area contributed by atoms with E-state index in [0.29, 0.717) is 13.2 Å². The highest BCUT2D eigenvalue weighted by Gasteiger charge is 2.23. The van der Waals surface area contributed by atoms with Gasteiger partial charge in [0.1, 0.15) is 36.9 Å². The van der Waals surface area contributed by atoms with Crippen LogP contribution in [-0.2, 0) is 30.9 Å². The van der Waals surface area contributed by atoms with Gasteiger partial charge in [0.25, 0.3) is 0 Å². The van der Waals surface area contributed by atoms with Gasteiger partial charge < -0.3 is 24.6 Å². The van der Waals surface area contributed by atoms with Crippen LogP contribution in [0.3, 0.4) is 0 Å². The number of nitrogens with one attached hydrogen (secondary N) is 1. The van der Waals surface area contributed by atoms with Crippen molar-refractivity contribution < 1.29 is 19.3 Å². The number of ether oxygens (including phenoxy) is 3. The van der Waals surface area contributed by atoms with Crippen LogP contribution in [0.1, 0.15) is 22.3 Å². The van der Waals surface area contributed by atoms with Gasteiger partial charge in [0.05, 0.1) is 17.6 Å². The van der Waals surface area contributed by atoms with E-state index in [4.69, 9.17) is 14.2 Å². The fourth-order valence-electron chi connectivity index (χ4n) is 6.70. The second-order valence-electron chi connectivity index (χ2n) is 14.6. The van der Waals surface area contributed by atoms with Crippen molar-refractivity contribution in [3.63, 3.8) is 0 Å². The summed E-state index contributed by atoms with van der Waals surface area (Å²) in [6.45, 7) is 5.60. The number of aromatic nitrogens is 2. The predicted molar refractivity (Wildman–Crippen MR) is 241 cm³/mol. The maximum absolute atomic E-state index is 10.7. The summed E-state index contributed by atoms with van der Waals surface area (Å²) in [4.78, 5) is 10.9. The average Bonchev–Trinajstić information content (AvgIpc) is 4.14. The Labute approximate surface area is 353 Å². The molecule has 1 aliphatic heterocycles. The Morgan fingerprint density at radius 1 is 0.550 bits per heavy atom. The van der Waals surface area contributed by atoms with E-state index in [1.807, 2.05) is 109 Å². The minimum Gasteiger partial charge on any atom is -0.490 e. The van der Waals surface area contributed by atoms with Crippen molar-refractivity contribution in [2.24, 2.45) is 0 Å². The third-order valence-corrected chi connectivity index (χ3v) is 9.78. The Balaban J connectivity index is 0.000000151. The number of pyridine rings is 2. The first-order valence-corrected chi connectivity index (χ1v) is 20.5. The van der Waals surface area contributed by atoms with E-state index in [0.717, 1.165) is 66.1 Å². The van der Waals surface area contributed by atoms with Gasteiger partial charge in [-0.3, -0.25) is 14.9 Å². The van der Waals surface area contributed by atoms with Crippen molar-refractivity contribution in [2.45, 2.75) is 38.4 Å². The van der Waals surface area contributed by atoms with Gasteiger partial charge in [-0.2, -0.15) is 0 Å². The Morgan fingerprint density at radius 3 is 1.47 bits per heavy atom. The van der Waals surface area contributed by atoms with E-state index >= 15 is 0 Å². The van der Waals surface area contributed by atoms with Gasteiger partial charge in [0.15, 0.2) is 0 Å². The second-order valence-corrected chi connectivity index (χ2v) is 14.6. The van der Waals surface area contributed by atoms with Crippen molar-refractivity contribution in [2.75, 3.05) is 26.4 Å². The molecule has 0 saturated carbocycles. The van der Waals surface area contributed by atoms with Crippen LogP contribution >= 0.6 is 0 Å². The molecule has 6 aromatic carbocycles. The first-order valence-electron chi connectivity index (χ1n) is 20.5. The molecule has 8 aromatic rings. The molecule has 0 radical (unpaired) electrons. The quantitative estimate of drug-likeness (QED) is 0.0935. The molecule has 60 heavy (non-hydrogen) atoms. The van der Waals surface area contributed by atoms with Gasteiger partial charge in [-0.15, -0.1) is 0 Å². The van der Waals surface area contributed by atoms with Crippen LogP contribution in [0.15, 0.2) is 194 Å². The van der Waals surface area contributed by atoms with E-state index in [-0.39, 0.29) is 12.7 Å². The van der Waals surface area contributed by atoms with Gasteiger partial charge in [0, 0.05) is 55.9 Å². The lowest BCUT2D eigenvalue weighted by Gasteiger charge is -2.25. The standard InChI is InChI=1S/C26H26N2O2.C14H15N.C12H11NO2/c29-23(20-30-26-15-7-14-25-24(26)13-8-16-27-25)19-28(17-21-9-3-1-4-10-21)18-22-11-5-2-6-12-22;1-3-7-13(8-4-1)11-15-12-14-9-5-2-6-10-14;1-4-11-10(3-2-6-13-11)12(5-1)15-8-9-7-14-9/h1-16,23,29H,17-20H2;1-10,15H,11-12H2;1-6,9H,7-8H2/t23-;;9-/m1.0/s1. The maximum Gasteiger partial charge on any atom is 0.128 e. The second kappa shape index (κ2) is 22.7. The van der Waals surface area contributed by atoms with Crippen LogP contribution in [-0.4, -0.2) is 58.5 Å². The van der Waals surface area contributed by atoms with Crippen LogP contribution in [0.25, 0.3) is 21.8 Å². The Hall–Kier alpha value is -6.42. The molecule has 2 N–H and O–H groups in total. The highest BCUT2D eigenvalue weighted by Crippen LogP contribution is 2.25. The van der Waals surface area contributed by atoms with E-state index in [2.05, 4.69) is 93.0 Å². The van der Waals surface area contributed by atoms with E-state index in [9.17, 15) is 5.11 Å². The number of epoxide rings is 1. The first-order chi connectivity index (χ1) is 29.7. The zero-order chi connectivity index (χ0) is 41.0. The predicted octanol–water partition coefficient (Wildman–Crippen LogP) is 9.67. The number of hydrogen-bond acceptors (Lipinski definition) is 8. The number of aliphatic hydroxyl groups excluding tert-OH is 1. The Morgan fingerprint density at radius 2 is 1.00 bits per heavy atom. The van der Waals surface area contributed by atoms with Gasteiger partial charge in [-0.25, -0.2) is 0 Å². The lowest BCUT2D eigenvalue weighted by molar-refractivity contribution is 0.0633. The molecule has 0 spiro atoms. The number of fused-ring (bicyclic) bond motifs is 2. The van der Waals surface area contributed by atoms with E-state index in [1.165, 1.54) is 22.3 Å². The van der Waals surface area contributed by atoms with Crippen LogP contribution in [0, 0.1) is 0 Å². The summed E-state index contributed by atoms with van der Waals surface area (Å²) in [6, 6.07) is 61.1. The Kier molecular flexibility index (Phi) is 15.8. The summed E-state index contributed by atoms with van der Waals surface area (Å²) in [7, 11) is 0. The minimum absolute atomic E-state index is 0.230. The zero-order valence-electron chi connectivity index (χ0n) is 33.8. The number of rotatable bonds is 16. The van der Waals surface area contributed by atoms with Gasteiger partial charge in [0.2, 0.25) is 0 Å². The number of nitrogens with zero attached hydrogens (tertiary/aromatic N) is 3. The molecule has 304 valence electrons. The molecule has 8 nitrogen and oxygen atoms in total. The molecule has 0 unspecified atom stereocenters. The van der Waals surface area contributed by atoms with Gasteiger partial charge in [-0.1, -0.05) is 133 Å². The molecule has 2 atom stereocenters. The SMILES string of the molecule is O[C@@H](COc1cccc2ncccc12)CN(Cc1ccccc1)Cc1ccccc1.c1cc(OC[C@@H]2CO2)c2cccnc2c1.c1ccc(CNCc2ccccc2)cc1. The van der Waals surface area contributed by atoms with Crippen LogP contribution < -0.4 is 14.8 Å². The smallest absolute Gasteiger partial charge is 0.128 e. The molecule has 1 aliphatic rings. The van der Waals surface area contributed by atoms with Crippen molar-refractivity contribution in [1.29, 1.82) is 0 Å². The van der Waals surface area contributed by atoms with E-state index in [1.54, 1.807) is 12.4 Å². The van der Waals surface area contributed by atoms with E-state index < -0.39 is 6.10 Å². The van der Waals surface area contributed by atoms with Crippen LogP contribution in [0.5, 0.6) is 11.5 Å². The number of benzene rings is 6. The summed E-state index contributed by atoms with van der Waals surface area (Å²) in [5.41, 5.74) is 6.95. The highest BCUT2D eigenvalue weighted by molar-refractivity contribution is 5.85. The monoisotopic (exact) mass is 796 g/mol. The average molecular weight is 797 g/mol. The fraction of sp³-hybridized carbons (Fsp3) is 0.192. The lowest BCUT2D eigenvalue weighted by Crippen LogP contribution is -2.35. The Bertz CT molecular complexity index is 2340. The zero-order valence-corrected chi connectivity index (χ0v) is 33.8.